The van der Waals surface area contributed by atoms with Gasteiger partial charge in [0.1, 0.15) is 12.2 Å². The smallest absolute Gasteiger partial charge is 0.410 e. The van der Waals surface area contributed by atoms with E-state index in [9.17, 15) is 19.5 Å². The van der Waals surface area contributed by atoms with E-state index in [1.165, 1.54) is 0 Å². The van der Waals surface area contributed by atoms with E-state index in [0.29, 0.717) is 32.5 Å². The predicted octanol–water partition coefficient (Wildman–Crippen LogP) is 4.97. The number of likely N-dealkylation sites (tertiary alicyclic amines) is 2. The fourth-order valence-electron chi connectivity index (χ4n) is 5.97. The van der Waals surface area contributed by atoms with E-state index in [1.807, 2.05) is 45.0 Å². The maximum Gasteiger partial charge on any atom is 0.410 e. The van der Waals surface area contributed by atoms with Crippen molar-refractivity contribution in [3.8, 4) is 11.1 Å². The van der Waals surface area contributed by atoms with Crippen molar-refractivity contribution in [3.63, 3.8) is 0 Å². The minimum atomic E-state index is -0.920. The van der Waals surface area contributed by atoms with Crippen LogP contribution in [-0.4, -0.2) is 70.9 Å². The zero-order valence-corrected chi connectivity index (χ0v) is 21.6. The third kappa shape index (κ3) is 4.89. The number of carboxylic acids is 1. The Morgan fingerprint density at radius 2 is 1.54 bits per heavy atom. The van der Waals surface area contributed by atoms with Crippen molar-refractivity contribution in [2.45, 2.75) is 51.2 Å². The topological polar surface area (TPSA) is 96.4 Å². The molecule has 1 aliphatic carbocycles. The Labute approximate surface area is 217 Å². The molecule has 0 bridgehead atoms. The van der Waals surface area contributed by atoms with E-state index in [4.69, 9.17) is 9.47 Å². The highest BCUT2D eigenvalue weighted by Crippen LogP contribution is 2.44. The number of rotatable bonds is 4. The number of carboxylic acid groups (broad SMARTS) is 1. The average Bonchev–Trinajstić information content (AvgIpc) is 3.14. The number of carbonyl (C=O) groups is 3. The van der Waals surface area contributed by atoms with Crippen LogP contribution in [-0.2, 0) is 14.3 Å². The van der Waals surface area contributed by atoms with Crippen LogP contribution in [0.5, 0.6) is 0 Å². The maximum absolute atomic E-state index is 13.4. The summed E-state index contributed by atoms with van der Waals surface area (Å²) >= 11 is 0. The van der Waals surface area contributed by atoms with Gasteiger partial charge in [-0.25, -0.2) is 9.59 Å². The second kappa shape index (κ2) is 9.72. The summed E-state index contributed by atoms with van der Waals surface area (Å²) in [6.07, 6.45) is 0.184. The van der Waals surface area contributed by atoms with Gasteiger partial charge >= 0.3 is 18.2 Å². The lowest BCUT2D eigenvalue weighted by atomic mass is 9.78. The SMILES string of the molecule is CC(C)(C)OC(=O)N1CC(C2C(C(=O)O)CCCN2C(=O)OCC2c3ccccc3-c3ccccc32)C1. The molecule has 5 rings (SSSR count). The Hall–Kier alpha value is -3.55. The van der Waals surface area contributed by atoms with E-state index in [1.54, 1.807) is 9.80 Å². The summed E-state index contributed by atoms with van der Waals surface area (Å²) in [6.45, 7) is 6.76. The Bertz CT molecular complexity index is 1150. The van der Waals surface area contributed by atoms with E-state index < -0.39 is 35.7 Å². The lowest BCUT2D eigenvalue weighted by Gasteiger charge is -2.50. The molecule has 0 aromatic heterocycles. The van der Waals surface area contributed by atoms with Gasteiger partial charge in [0, 0.05) is 31.5 Å². The second-order valence-corrected chi connectivity index (χ2v) is 11.2. The summed E-state index contributed by atoms with van der Waals surface area (Å²) < 4.78 is 11.3. The molecule has 0 radical (unpaired) electrons. The highest BCUT2D eigenvalue weighted by Gasteiger charge is 2.49. The normalized spacial score (nSPS) is 21.6. The van der Waals surface area contributed by atoms with Gasteiger partial charge in [-0.2, -0.15) is 0 Å². The van der Waals surface area contributed by atoms with Crippen LogP contribution >= 0.6 is 0 Å². The molecule has 2 saturated heterocycles. The third-order valence-electron chi connectivity index (χ3n) is 7.62. The molecule has 2 heterocycles. The summed E-state index contributed by atoms with van der Waals surface area (Å²) in [7, 11) is 0. The van der Waals surface area contributed by atoms with E-state index in [-0.39, 0.29) is 18.4 Å². The van der Waals surface area contributed by atoms with Gasteiger partial charge in [0.15, 0.2) is 0 Å². The number of piperidine rings is 1. The van der Waals surface area contributed by atoms with Crippen molar-refractivity contribution in [2.75, 3.05) is 26.2 Å². The molecule has 2 amide bonds. The van der Waals surface area contributed by atoms with Crippen LogP contribution in [0.25, 0.3) is 11.1 Å². The average molecular weight is 507 g/mol. The molecule has 196 valence electrons. The zero-order valence-electron chi connectivity index (χ0n) is 21.6. The fourth-order valence-corrected chi connectivity index (χ4v) is 5.97. The number of fused-ring (bicyclic) bond motifs is 3. The van der Waals surface area contributed by atoms with Gasteiger partial charge < -0.3 is 24.4 Å². The fraction of sp³-hybridized carbons (Fsp3) is 0.483. The van der Waals surface area contributed by atoms with Crippen LogP contribution in [0.15, 0.2) is 48.5 Å². The largest absolute Gasteiger partial charge is 0.481 e. The van der Waals surface area contributed by atoms with Crippen molar-refractivity contribution < 1.29 is 29.0 Å². The molecule has 8 heteroatoms. The molecule has 0 saturated carbocycles. The zero-order chi connectivity index (χ0) is 26.3. The molecule has 8 nitrogen and oxygen atoms in total. The molecule has 2 fully saturated rings. The highest BCUT2D eigenvalue weighted by molar-refractivity contribution is 5.79. The summed E-state index contributed by atoms with van der Waals surface area (Å²) in [5.74, 6) is -1.83. The van der Waals surface area contributed by atoms with Gasteiger partial charge in [0.25, 0.3) is 0 Å². The number of amides is 2. The molecule has 1 N–H and O–H groups in total. The predicted molar refractivity (Wildman–Crippen MR) is 137 cm³/mol. The van der Waals surface area contributed by atoms with Gasteiger partial charge in [-0.1, -0.05) is 48.5 Å². The number of hydrogen-bond donors (Lipinski definition) is 1. The molecular formula is C29H34N2O6. The number of nitrogens with zero attached hydrogens (tertiary/aromatic N) is 2. The Kier molecular flexibility index (Phi) is 6.60. The Morgan fingerprint density at radius 3 is 2.11 bits per heavy atom. The number of benzene rings is 2. The quantitative estimate of drug-likeness (QED) is 0.629. The van der Waals surface area contributed by atoms with Gasteiger partial charge in [0.05, 0.1) is 12.0 Å². The standard InChI is InChI=1S/C29H34N2O6/c1-29(2,3)37-27(34)30-15-18(16-30)25-23(26(32)33)13-8-14-31(25)28(35)36-17-24-21-11-6-4-9-19(21)20-10-5-7-12-22(20)24/h4-7,9-12,18,23-25H,8,13-17H2,1-3H3,(H,32,33). The molecule has 3 aliphatic rings. The van der Waals surface area contributed by atoms with Crippen molar-refractivity contribution >= 4 is 18.2 Å². The molecule has 2 atom stereocenters. The molecular weight excluding hydrogens is 472 g/mol. The Morgan fingerprint density at radius 1 is 0.946 bits per heavy atom. The van der Waals surface area contributed by atoms with Crippen molar-refractivity contribution in [3.05, 3.63) is 59.7 Å². The summed E-state index contributed by atoms with van der Waals surface area (Å²) in [5, 5.41) is 9.94. The van der Waals surface area contributed by atoms with Crippen molar-refractivity contribution in [1.29, 1.82) is 0 Å². The van der Waals surface area contributed by atoms with Crippen LogP contribution in [0, 0.1) is 11.8 Å². The maximum atomic E-state index is 13.4. The first-order valence-electron chi connectivity index (χ1n) is 13.0. The summed E-state index contributed by atoms with van der Waals surface area (Å²) in [5.41, 5.74) is 3.95. The molecule has 37 heavy (non-hydrogen) atoms. The van der Waals surface area contributed by atoms with Crippen LogP contribution in [0.3, 0.4) is 0 Å². The minimum absolute atomic E-state index is 0.0683. The Balaban J connectivity index is 1.29. The van der Waals surface area contributed by atoms with Crippen LogP contribution in [0.2, 0.25) is 0 Å². The van der Waals surface area contributed by atoms with E-state index >= 15 is 0 Å². The van der Waals surface area contributed by atoms with Crippen LogP contribution in [0.4, 0.5) is 9.59 Å². The first kappa shape index (κ1) is 25.1. The first-order valence-corrected chi connectivity index (χ1v) is 13.0. The molecule has 2 aliphatic heterocycles. The molecule has 0 spiro atoms. The first-order chi connectivity index (χ1) is 17.6. The highest BCUT2D eigenvalue weighted by atomic mass is 16.6. The van der Waals surface area contributed by atoms with Gasteiger partial charge in [-0.05, 0) is 55.9 Å². The number of carbonyl (C=O) groups excluding carboxylic acids is 2. The number of hydrogen-bond acceptors (Lipinski definition) is 5. The molecule has 2 unspecified atom stereocenters. The molecule has 2 aromatic carbocycles. The second-order valence-electron chi connectivity index (χ2n) is 11.2. The lowest BCUT2D eigenvalue weighted by molar-refractivity contribution is -0.148. The van der Waals surface area contributed by atoms with Crippen molar-refractivity contribution in [2.24, 2.45) is 11.8 Å². The van der Waals surface area contributed by atoms with Gasteiger partial charge in [-0.3, -0.25) is 4.79 Å². The summed E-state index contributed by atoms with van der Waals surface area (Å²) in [6, 6.07) is 15.8. The van der Waals surface area contributed by atoms with Crippen molar-refractivity contribution in [1.82, 2.24) is 9.80 Å². The summed E-state index contributed by atoms with van der Waals surface area (Å²) in [4.78, 5) is 41.1. The lowest BCUT2D eigenvalue weighted by Crippen LogP contribution is -2.64. The number of aliphatic carboxylic acids is 1. The van der Waals surface area contributed by atoms with E-state index in [0.717, 1.165) is 22.3 Å². The van der Waals surface area contributed by atoms with Crippen LogP contribution in [0.1, 0.15) is 50.7 Å². The molecule has 2 aromatic rings. The van der Waals surface area contributed by atoms with Gasteiger partial charge in [0.2, 0.25) is 0 Å². The van der Waals surface area contributed by atoms with Gasteiger partial charge in [-0.15, -0.1) is 0 Å². The monoisotopic (exact) mass is 506 g/mol. The van der Waals surface area contributed by atoms with Crippen LogP contribution < -0.4 is 0 Å². The third-order valence-corrected chi connectivity index (χ3v) is 7.62. The van der Waals surface area contributed by atoms with E-state index in [2.05, 4.69) is 24.3 Å². The minimum Gasteiger partial charge on any atom is -0.481 e. The number of ether oxygens (including phenoxy) is 2.